The SMILES string of the molecule is CC(=O)C(/C=N/[C@H](CO)C(C)C)=C(\C)O. The molecule has 0 aromatic carbocycles. The summed E-state index contributed by atoms with van der Waals surface area (Å²) in [6.45, 7) is 6.60. The van der Waals surface area contributed by atoms with Gasteiger partial charge >= 0.3 is 0 Å². The maximum absolute atomic E-state index is 11.1. The Morgan fingerprint density at radius 1 is 1.40 bits per heavy atom. The molecule has 0 bridgehead atoms. The van der Waals surface area contributed by atoms with E-state index in [4.69, 9.17) is 5.11 Å². The molecule has 4 heteroatoms. The van der Waals surface area contributed by atoms with Crippen LogP contribution in [0.15, 0.2) is 16.3 Å². The average molecular weight is 213 g/mol. The minimum atomic E-state index is -0.237. The quantitative estimate of drug-likeness (QED) is 0.413. The number of aliphatic hydroxyl groups excluding tert-OH is 2. The Balaban J connectivity index is 4.75. The van der Waals surface area contributed by atoms with Crippen LogP contribution in [0, 0.1) is 5.92 Å². The summed E-state index contributed by atoms with van der Waals surface area (Å²) in [6.07, 6.45) is 1.33. The van der Waals surface area contributed by atoms with Gasteiger partial charge in [-0.05, 0) is 19.8 Å². The molecule has 0 aliphatic rings. The van der Waals surface area contributed by atoms with Crippen LogP contribution in [0.25, 0.3) is 0 Å². The Morgan fingerprint density at radius 2 is 1.93 bits per heavy atom. The number of hydrogen-bond donors (Lipinski definition) is 2. The van der Waals surface area contributed by atoms with Crippen LogP contribution in [0.4, 0.5) is 0 Å². The lowest BCUT2D eigenvalue weighted by molar-refractivity contribution is -0.113. The van der Waals surface area contributed by atoms with Gasteiger partial charge in [-0.1, -0.05) is 13.8 Å². The van der Waals surface area contributed by atoms with Crippen LogP contribution < -0.4 is 0 Å². The molecule has 0 heterocycles. The summed E-state index contributed by atoms with van der Waals surface area (Å²) in [7, 11) is 0. The highest BCUT2D eigenvalue weighted by Crippen LogP contribution is 2.07. The summed E-state index contributed by atoms with van der Waals surface area (Å²) >= 11 is 0. The zero-order valence-corrected chi connectivity index (χ0v) is 9.69. The molecule has 0 fully saturated rings. The molecule has 15 heavy (non-hydrogen) atoms. The predicted molar refractivity (Wildman–Crippen MR) is 60.2 cm³/mol. The predicted octanol–water partition coefficient (Wildman–Crippen LogP) is 1.50. The van der Waals surface area contributed by atoms with Gasteiger partial charge in [-0.3, -0.25) is 9.79 Å². The van der Waals surface area contributed by atoms with E-state index >= 15 is 0 Å². The molecule has 0 unspecified atom stereocenters. The second kappa shape index (κ2) is 6.35. The third-order valence-electron chi connectivity index (χ3n) is 2.12. The fraction of sp³-hybridized carbons (Fsp3) is 0.636. The van der Waals surface area contributed by atoms with Crippen molar-refractivity contribution in [2.75, 3.05) is 6.61 Å². The first-order valence-electron chi connectivity index (χ1n) is 4.95. The van der Waals surface area contributed by atoms with Crippen molar-refractivity contribution in [3.8, 4) is 0 Å². The van der Waals surface area contributed by atoms with Gasteiger partial charge in [0.1, 0.15) is 5.76 Å². The van der Waals surface area contributed by atoms with Crippen molar-refractivity contribution in [3.05, 3.63) is 11.3 Å². The van der Waals surface area contributed by atoms with Crippen molar-refractivity contribution >= 4 is 12.0 Å². The number of rotatable bonds is 5. The summed E-state index contributed by atoms with van der Waals surface area (Å²) in [4.78, 5) is 15.2. The zero-order valence-electron chi connectivity index (χ0n) is 9.69. The van der Waals surface area contributed by atoms with E-state index in [0.29, 0.717) is 0 Å². The monoisotopic (exact) mass is 213 g/mol. The number of carbonyl (C=O) groups excluding carboxylic acids is 1. The average Bonchev–Trinajstić information content (AvgIpc) is 2.10. The van der Waals surface area contributed by atoms with E-state index in [1.54, 1.807) is 0 Å². The Kier molecular flexibility index (Phi) is 5.86. The van der Waals surface area contributed by atoms with Crippen molar-refractivity contribution in [3.63, 3.8) is 0 Å². The van der Waals surface area contributed by atoms with Gasteiger partial charge in [-0.15, -0.1) is 0 Å². The van der Waals surface area contributed by atoms with Crippen molar-refractivity contribution < 1.29 is 15.0 Å². The van der Waals surface area contributed by atoms with Crippen LogP contribution in [0.2, 0.25) is 0 Å². The van der Waals surface area contributed by atoms with Crippen LogP contribution in [0.1, 0.15) is 27.7 Å². The van der Waals surface area contributed by atoms with E-state index in [1.807, 2.05) is 13.8 Å². The third kappa shape index (κ3) is 4.74. The fourth-order valence-corrected chi connectivity index (χ4v) is 1.04. The van der Waals surface area contributed by atoms with Crippen molar-refractivity contribution in [2.45, 2.75) is 33.7 Å². The number of ketones is 1. The lowest BCUT2D eigenvalue weighted by atomic mass is 10.1. The maximum Gasteiger partial charge on any atom is 0.164 e. The fourth-order valence-electron chi connectivity index (χ4n) is 1.04. The van der Waals surface area contributed by atoms with Gasteiger partial charge in [0.05, 0.1) is 18.2 Å². The molecule has 4 nitrogen and oxygen atoms in total. The first-order valence-corrected chi connectivity index (χ1v) is 4.95. The molecule has 0 aromatic rings. The van der Waals surface area contributed by atoms with E-state index in [2.05, 4.69) is 4.99 Å². The molecule has 0 radical (unpaired) electrons. The number of nitrogens with zero attached hydrogens (tertiary/aromatic N) is 1. The highest BCUT2D eigenvalue weighted by molar-refractivity contribution is 6.12. The van der Waals surface area contributed by atoms with E-state index in [-0.39, 0.29) is 35.7 Å². The summed E-state index contributed by atoms with van der Waals surface area (Å²) < 4.78 is 0. The zero-order chi connectivity index (χ0) is 12.0. The molecular formula is C11H19NO3. The molecule has 0 aliphatic heterocycles. The molecule has 1 atom stereocenters. The van der Waals surface area contributed by atoms with Gasteiger partial charge in [0.25, 0.3) is 0 Å². The largest absolute Gasteiger partial charge is 0.512 e. The van der Waals surface area contributed by atoms with Gasteiger partial charge in [-0.25, -0.2) is 0 Å². The molecule has 0 rings (SSSR count). The summed E-state index contributed by atoms with van der Waals surface area (Å²) in [5.41, 5.74) is 0.189. The van der Waals surface area contributed by atoms with Gasteiger partial charge < -0.3 is 10.2 Å². The second-order valence-electron chi connectivity index (χ2n) is 3.83. The van der Waals surface area contributed by atoms with Crippen molar-refractivity contribution in [2.24, 2.45) is 10.9 Å². The number of hydrogen-bond acceptors (Lipinski definition) is 4. The second-order valence-corrected chi connectivity index (χ2v) is 3.83. The molecule has 2 N–H and O–H groups in total. The Morgan fingerprint density at radius 3 is 2.20 bits per heavy atom. The minimum absolute atomic E-state index is 0.0494. The van der Waals surface area contributed by atoms with Gasteiger partial charge in [0, 0.05) is 6.21 Å². The Labute approximate surface area is 90.3 Å². The lowest BCUT2D eigenvalue weighted by Gasteiger charge is -2.12. The minimum Gasteiger partial charge on any atom is -0.512 e. The smallest absolute Gasteiger partial charge is 0.164 e. The molecule has 0 aliphatic carbocycles. The molecule has 0 spiro atoms. The van der Waals surface area contributed by atoms with E-state index in [9.17, 15) is 9.90 Å². The number of carbonyl (C=O) groups is 1. The number of allylic oxidation sites excluding steroid dienone is 2. The van der Waals surface area contributed by atoms with Gasteiger partial charge in [-0.2, -0.15) is 0 Å². The Hall–Kier alpha value is -1.16. The lowest BCUT2D eigenvalue weighted by Crippen LogP contribution is -2.18. The first-order chi connectivity index (χ1) is 6.90. The van der Waals surface area contributed by atoms with Gasteiger partial charge in [0.2, 0.25) is 0 Å². The Bertz CT molecular complexity index is 276. The number of aliphatic imine (C=N–C) groups is 1. The van der Waals surface area contributed by atoms with E-state index in [0.717, 1.165) is 0 Å². The van der Waals surface area contributed by atoms with Gasteiger partial charge in [0.15, 0.2) is 5.78 Å². The van der Waals surface area contributed by atoms with Crippen molar-refractivity contribution in [1.82, 2.24) is 0 Å². The van der Waals surface area contributed by atoms with Crippen LogP contribution in [0.5, 0.6) is 0 Å². The van der Waals surface area contributed by atoms with Crippen LogP contribution in [-0.2, 0) is 4.79 Å². The summed E-state index contributed by atoms with van der Waals surface area (Å²) in [5, 5.41) is 18.2. The highest BCUT2D eigenvalue weighted by Gasteiger charge is 2.11. The van der Waals surface area contributed by atoms with Crippen molar-refractivity contribution in [1.29, 1.82) is 0 Å². The highest BCUT2D eigenvalue weighted by atomic mass is 16.3. The molecule has 0 saturated carbocycles. The summed E-state index contributed by atoms with van der Waals surface area (Å²) in [6, 6.07) is -0.237. The van der Waals surface area contributed by atoms with E-state index in [1.165, 1.54) is 20.1 Å². The topological polar surface area (TPSA) is 69.9 Å². The molecule has 86 valence electrons. The number of aliphatic hydroxyl groups is 2. The normalized spacial score (nSPS) is 15.6. The molecule has 0 aromatic heterocycles. The standard InChI is InChI=1S/C11H19NO3/c1-7(2)11(6-13)12-5-10(8(3)14)9(4)15/h5,7,11,13-14H,6H2,1-4H3/b10-8+,12-5+/t11-/m1/s1. The first kappa shape index (κ1) is 13.8. The molecule has 0 saturated heterocycles. The third-order valence-corrected chi connectivity index (χ3v) is 2.12. The van der Waals surface area contributed by atoms with E-state index < -0.39 is 0 Å². The molecular weight excluding hydrogens is 194 g/mol. The maximum atomic E-state index is 11.1. The van der Waals surface area contributed by atoms with Crippen LogP contribution >= 0.6 is 0 Å². The summed E-state index contributed by atoms with van der Waals surface area (Å²) in [5.74, 6) is -0.0932. The van der Waals surface area contributed by atoms with Crippen LogP contribution in [0.3, 0.4) is 0 Å². The van der Waals surface area contributed by atoms with Crippen LogP contribution in [-0.4, -0.2) is 34.9 Å². The number of Topliss-reactive ketones (excluding diaryl/α,β-unsaturated/α-hetero) is 1. The molecule has 0 amide bonds.